The van der Waals surface area contributed by atoms with Gasteiger partial charge in [-0.25, -0.2) is 34.7 Å². The quantitative estimate of drug-likeness (QED) is 0.0725. The normalized spacial score (nSPS) is 25.0. The molecule has 0 aliphatic carbocycles. The predicted octanol–water partition coefficient (Wildman–Crippen LogP) is 5.27. The number of cyclic esters (lactones) is 1. The number of hydrogen-bond donors (Lipinski definition) is 9. The number of methoxy groups -OCH3 is 1. The number of aromatic nitrogens is 7. The number of H-pyrrole nitrogens is 1. The predicted molar refractivity (Wildman–Crippen MR) is 338 cm³/mol. The van der Waals surface area contributed by atoms with Crippen LogP contribution in [0.2, 0.25) is 0 Å². The van der Waals surface area contributed by atoms with Crippen molar-refractivity contribution in [3.8, 4) is 38.4 Å². The maximum Gasteiger partial charge on any atom is 0.338 e. The first-order chi connectivity index (χ1) is 43.9. The largest absolute Gasteiger partial charge is 0.506 e. The number of amides is 5. The number of ether oxygens (including phenoxy) is 5. The van der Waals surface area contributed by atoms with Crippen LogP contribution in [0.15, 0.2) is 56.9 Å². The molecule has 4 aliphatic rings. The van der Waals surface area contributed by atoms with Gasteiger partial charge in [0.25, 0.3) is 23.6 Å². The first kappa shape index (κ1) is 64.1. The van der Waals surface area contributed by atoms with Gasteiger partial charge in [0.2, 0.25) is 11.0 Å². The second-order valence-corrected chi connectivity index (χ2v) is 27.6. The third kappa shape index (κ3) is 12.6. The minimum absolute atomic E-state index is 0.0132. The number of allylic oxidation sites excluding steroid dienone is 1. The van der Waals surface area contributed by atoms with Gasteiger partial charge in [0.05, 0.1) is 49.3 Å². The Kier molecular flexibility index (Phi) is 18.0. The molecule has 480 valence electrons. The number of hydrogen-bond acceptors (Lipinski definition) is 28. The molecule has 6 unspecified atom stereocenters. The molecule has 1 aromatic carbocycles. The van der Waals surface area contributed by atoms with Crippen molar-refractivity contribution in [3.63, 3.8) is 0 Å². The van der Waals surface area contributed by atoms with Crippen molar-refractivity contribution in [2.75, 3.05) is 27.0 Å². The number of fused-ring (bicyclic) bond motifs is 15. The molecule has 8 aromatic rings. The summed E-state index contributed by atoms with van der Waals surface area (Å²) in [6, 6.07) is 1.78. The average molecular weight is 1370 g/mol. The number of carbonyl (C=O) groups excluding carboxylic acids is 7. The number of aliphatic hydroxyl groups is 2. The van der Waals surface area contributed by atoms with Gasteiger partial charge in [0.1, 0.15) is 107 Å². The van der Waals surface area contributed by atoms with Crippen LogP contribution in [-0.4, -0.2) is 171 Å². The molecule has 1 saturated heterocycles. The molecule has 0 saturated carbocycles. The van der Waals surface area contributed by atoms with E-state index in [4.69, 9.17) is 44.4 Å². The van der Waals surface area contributed by atoms with Crippen molar-refractivity contribution in [2.45, 2.75) is 108 Å². The summed E-state index contributed by atoms with van der Waals surface area (Å²) in [5.74, 6) is -5.70. The summed E-state index contributed by atoms with van der Waals surface area (Å²) in [6.45, 7) is 5.43. The molecule has 10 atom stereocenters. The van der Waals surface area contributed by atoms with E-state index >= 15 is 14.4 Å². The van der Waals surface area contributed by atoms with Crippen molar-refractivity contribution in [3.05, 3.63) is 112 Å². The highest BCUT2D eigenvalue weighted by Gasteiger charge is 2.50. The molecule has 4 aliphatic heterocycles. The van der Waals surface area contributed by atoms with Crippen LogP contribution in [0.4, 0.5) is 0 Å². The number of nitrogens with one attached hydrogen (secondary N) is 5. The fourth-order valence-electron chi connectivity index (χ4n) is 11.4. The lowest BCUT2D eigenvalue weighted by Gasteiger charge is -2.48. The molecular weight excluding hydrogens is 1310 g/mol. The third-order valence-corrected chi connectivity index (χ3v) is 21.1. The van der Waals surface area contributed by atoms with Gasteiger partial charge in [0, 0.05) is 61.1 Å². The molecule has 0 spiro atoms. The number of benzene rings is 1. The summed E-state index contributed by atoms with van der Waals surface area (Å²) in [7, 11) is 4.92. The number of thiazole rings is 5. The summed E-state index contributed by atoms with van der Waals surface area (Å²) in [6.07, 6.45) is -7.09. The number of nitrogens with zero attached hydrogens (tertiary/aromatic N) is 7. The Bertz CT molecular complexity index is 4300. The zero-order valence-electron chi connectivity index (χ0n) is 49.6. The van der Waals surface area contributed by atoms with Gasteiger partial charge in [-0.15, -0.1) is 56.7 Å². The maximum atomic E-state index is 15.1. The lowest BCUT2D eigenvalue weighted by molar-refractivity contribution is -0.280. The molecule has 0 radical (unpaired) electrons. The molecule has 34 heteroatoms. The van der Waals surface area contributed by atoms with Crippen molar-refractivity contribution in [1.82, 2.24) is 61.1 Å². The summed E-state index contributed by atoms with van der Waals surface area (Å²) in [5, 5.41) is 53.7. The van der Waals surface area contributed by atoms with E-state index in [0.717, 1.165) is 68.4 Å². The van der Waals surface area contributed by atoms with Gasteiger partial charge < -0.3 is 75.9 Å². The van der Waals surface area contributed by atoms with Crippen LogP contribution in [0.1, 0.15) is 125 Å². The zero-order valence-corrected chi connectivity index (χ0v) is 54.5. The number of likely N-dealkylation sites (N-methyl/N-ethyl adjacent to an activating group) is 1. The van der Waals surface area contributed by atoms with Gasteiger partial charge in [-0.3, -0.25) is 28.8 Å². The third-order valence-electron chi connectivity index (χ3n) is 15.6. The van der Waals surface area contributed by atoms with E-state index in [-0.39, 0.29) is 106 Å². The number of aliphatic hydroxyl groups excluding tert-OH is 1. The van der Waals surface area contributed by atoms with Crippen LogP contribution in [0, 0.1) is 0 Å². The van der Waals surface area contributed by atoms with Crippen LogP contribution < -0.4 is 27.0 Å². The summed E-state index contributed by atoms with van der Waals surface area (Å²) in [4.78, 5) is 134. The minimum Gasteiger partial charge on any atom is -0.506 e. The summed E-state index contributed by atoms with van der Waals surface area (Å²) in [5.41, 5.74) is 5.13. The molecule has 7 aromatic heterocycles. The van der Waals surface area contributed by atoms with Gasteiger partial charge in [-0.1, -0.05) is 23.9 Å². The molecule has 12 bridgehead atoms. The number of primary amides is 1. The van der Waals surface area contributed by atoms with Crippen LogP contribution in [0.3, 0.4) is 0 Å². The number of nitrogens with two attached hydrogens (primary N) is 1. The standard InChI is InChI=1S/C58H57N13O15S6/c1-21(72)37-50(78)69-38(22(2)82-7)53-65-32(19-90-53)49(77)70-42-43-44(86-35-12-58(4,81)45(71(5)6)23(3)85-35)56(79)84-13-24-9-8-10-27-36(24)26(14-83-43)40(60-27)57(80)92-20-33(61-47(75)30-18-91-55(42)66-30)52-62-28(15-88-52)39-25(51-64-31(17-87-51)48(76)68-37)11-34(73)41(67-39)54-63-29(16-89-54)46(59)74/h8-11,15-19,21,23,33,35,37,42-45,60,72-73,81H,12-14,20H2,1-7H3,(H2,59,74)(H,61,75)(H,68,76)(H,69,78)(H,70,77)/b38-22-/t21?,23-,33?,35-,37?,42?,43?,44?,45+,58-/m0/s1. The van der Waals surface area contributed by atoms with E-state index < -0.39 is 113 Å². The monoisotopic (exact) mass is 1370 g/mol. The molecule has 1 fully saturated rings. The Morgan fingerprint density at radius 2 is 1.51 bits per heavy atom. The Hall–Kier alpha value is -8.00. The van der Waals surface area contributed by atoms with E-state index in [9.17, 15) is 34.5 Å². The van der Waals surface area contributed by atoms with E-state index in [1.54, 1.807) is 51.5 Å². The van der Waals surface area contributed by atoms with Crippen molar-refractivity contribution in [2.24, 2.45) is 5.73 Å². The highest BCUT2D eigenvalue weighted by Crippen LogP contribution is 2.43. The lowest BCUT2D eigenvalue weighted by Crippen LogP contribution is -2.62. The topological polar surface area (TPSA) is 397 Å². The highest BCUT2D eigenvalue weighted by molar-refractivity contribution is 8.14. The lowest BCUT2D eigenvalue weighted by atomic mass is 9.85. The van der Waals surface area contributed by atoms with Crippen molar-refractivity contribution >= 4 is 126 Å². The highest BCUT2D eigenvalue weighted by atomic mass is 32.2. The van der Waals surface area contributed by atoms with E-state index in [2.05, 4.69) is 41.2 Å². The Morgan fingerprint density at radius 3 is 2.23 bits per heavy atom. The van der Waals surface area contributed by atoms with E-state index in [1.807, 2.05) is 4.90 Å². The molecule has 28 nitrogen and oxygen atoms in total. The number of aromatic hydroxyl groups is 1. The summed E-state index contributed by atoms with van der Waals surface area (Å²) < 4.78 is 31.8. The first-order valence-corrected chi connectivity index (χ1v) is 33.6. The van der Waals surface area contributed by atoms with E-state index in [0.29, 0.717) is 22.0 Å². The first-order valence-electron chi connectivity index (χ1n) is 28.2. The molecule has 12 rings (SSSR count). The number of rotatable bonds is 7. The fourth-order valence-corrected chi connectivity index (χ4v) is 16.6. The summed E-state index contributed by atoms with van der Waals surface area (Å²) >= 11 is 5.73. The fraction of sp³-hybridized carbons (Fsp3) is 0.362. The number of pyridine rings is 1. The van der Waals surface area contributed by atoms with Gasteiger partial charge in [-0.05, 0) is 59.5 Å². The molecule has 10 N–H and O–H groups in total. The minimum atomic E-state index is -1.81. The van der Waals surface area contributed by atoms with Crippen molar-refractivity contribution < 1.29 is 72.6 Å². The number of aromatic amines is 1. The Labute approximate surface area is 546 Å². The van der Waals surface area contributed by atoms with Gasteiger partial charge in [0.15, 0.2) is 12.4 Å². The second kappa shape index (κ2) is 25.8. The Morgan fingerprint density at radius 1 is 0.837 bits per heavy atom. The SMILES string of the molecule is CO/C(C)=C1\NC(=O)C(C(C)O)NC(=O)c2csc(n2)-c2cc(O)c(-c3nc(C(N)=O)cs3)nc2-c2csc(n2)C2CSC(=O)c3[nH]c4cccc5c4c3COC(C(O[C@H]3C[C@](C)(O)[C@H](N(C)C)[C@H](C)O3)C(=O)OC5)C(NC(=O)c3csc1n3)c1nc(cs1)C(=O)N2. The average Bonchev–Trinajstić information content (AvgIpc) is 1.86. The van der Waals surface area contributed by atoms with Crippen LogP contribution >= 0.6 is 68.4 Å². The van der Waals surface area contributed by atoms with Crippen LogP contribution in [-0.2, 0) is 46.5 Å². The van der Waals surface area contributed by atoms with Gasteiger partial charge >= 0.3 is 5.97 Å². The van der Waals surface area contributed by atoms with Gasteiger partial charge in [-0.2, -0.15) is 0 Å². The zero-order chi connectivity index (χ0) is 65.2. The Balaban J connectivity index is 1.04. The van der Waals surface area contributed by atoms with E-state index in [1.165, 1.54) is 48.5 Å². The smallest absolute Gasteiger partial charge is 0.338 e. The van der Waals surface area contributed by atoms with Crippen LogP contribution in [0.25, 0.3) is 49.3 Å². The number of carbonyl (C=O) groups is 7. The maximum absolute atomic E-state index is 15.1. The number of thioether (sulfide) groups is 1. The molecule has 11 heterocycles. The molecular formula is C58H57N13O15S6. The molecule has 5 amide bonds. The second-order valence-electron chi connectivity index (χ2n) is 22.3. The number of esters is 1. The van der Waals surface area contributed by atoms with Crippen LogP contribution in [0.5, 0.6) is 5.75 Å². The molecule has 92 heavy (non-hydrogen) atoms. The van der Waals surface area contributed by atoms with Crippen molar-refractivity contribution in [1.29, 1.82) is 0 Å².